The average molecular weight is 227 g/mol. The molecule has 16 heavy (non-hydrogen) atoms. The number of H-pyrrole nitrogens is 1. The zero-order valence-corrected chi connectivity index (χ0v) is 9.25. The van der Waals surface area contributed by atoms with E-state index in [2.05, 4.69) is 35.3 Å². The van der Waals surface area contributed by atoms with Crippen LogP contribution in [0.2, 0.25) is 0 Å². The van der Waals surface area contributed by atoms with Crippen LogP contribution >= 0.6 is 12.2 Å². The molecule has 3 aromatic rings. The van der Waals surface area contributed by atoms with E-state index < -0.39 is 0 Å². The molecule has 1 N–H and O–H groups in total. The Kier molecular flexibility index (Phi) is 2.11. The number of nitrogens with one attached hydrogen (secondary N) is 1. The molecule has 78 valence electrons. The predicted molar refractivity (Wildman–Crippen MR) is 66.8 cm³/mol. The van der Waals surface area contributed by atoms with Crippen molar-refractivity contribution >= 4 is 23.0 Å². The minimum Gasteiger partial charge on any atom is -0.437 e. The lowest BCUT2D eigenvalue weighted by Gasteiger charge is -2.00. The quantitative estimate of drug-likeness (QED) is 0.632. The molecular formula is C13H9NOS. The topological polar surface area (TPSA) is 28.9 Å². The van der Waals surface area contributed by atoms with Gasteiger partial charge in [0.1, 0.15) is 6.26 Å². The third-order valence-electron chi connectivity index (χ3n) is 2.58. The molecule has 0 radical (unpaired) electrons. The normalized spacial score (nSPS) is 10.8. The van der Waals surface area contributed by atoms with Gasteiger partial charge in [-0.15, -0.1) is 0 Å². The van der Waals surface area contributed by atoms with Gasteiger partial charge >= 0.3 is 0 Å². The van der Waals surface area contributed by atoms with Gasteiger partial charge in [-0.05, 0) is 29.1 Å². The molecule has 0 bridgehead atoms. The minimum absolute atomic E-state index is 0.406. The molecule has 0 atom stereocenters. The summed E-state index contributed by atoms with van der Waals surface area (Å²) in [5.41, 5.74) is 1.99. The van der Waals surface area contributed by atoms with Crippen LogP contribution in [-0.2, 0) is 0 Å². The fraction of sp³-hybridized carbons (Fsp3) is 0. The number of aromatic nitrogens is 1. The lowest BCUT2D eigenvalue weighted by molar-refractivity contribution is 0.541. The Bertz CT molecular complexity index is 696. The van der Waals surface area contributed by atoms with Gasteiger partial charge in [0, 0.05) is 5.56 Å². The van der Waals surface area contributed by atoms with Gasteiger partial charge < -0.3 is 9.40 Å². The Morgan fingerprint density at radius 3 is 2.56 bits per heavy atom. The molecule has 3 heteroatoms. The second-order valence-electron chi connectivity index (χ2n) is 3.62. The van der Waals surface area contributed by atoms with Crippen molar-refractivity contribution in [2.45, 2.75) is 0 Å². The van der Waals surface area contributed by atoms with Gasteiger partial charge in [-0.3, -0.25) is 0 Å². The summed E-state index contributed by atoms with van der Waals surface area (Å²) in [7, 11) is 0. The van der Waals surface area contributed by atoms with Gasteiger partial charge in [-0.25, -0.2) is 0 Å². The first-order chi connectivity index (χ1) is 7.83. The average Bonchev–Trinajstić information content (AvgIpc) is 2.75. The van der Waals surface area contributed by atoms with Crippen molar-refractivity contribution in [3.05, 3.63) is 53.6 Å². The summed E-state index contributed by atoms with van der Waals surface area (Å²) in [6.07, 6.45) is 1.65. The fourth-order valence-corrected chi connectivity index (χ4v) is 1.94. The molecule has 0 aliphatic carbocycles. The summed E-state index contributed by atoms with van der Waals surface area (Å²) in [4.78, 5) is 3.41. The highest BCUT2D eigenvalue weighted by atomic mass is 32.1. The fourth-order valence-electron chi connectivity index (χ4n) is 1.78. The monoisotopic (exact) mass is 227 g/mol. The molecule has 0 aliphatic heterocycles. The Balaban J connectivity index is 2.22. The van der Waals surface area contributed by atoms with Crippen LogP contribution in [0, 0.1) is 4.84 Å². The highest BCUT2D eigenvalue weighted by Crippen LogP contribution is 2.23. The number of aromatic amines is 1. The molecule has 0 aliphatic rings. The van der Waals surface area contributed by atoms with Gasteiger partial charge in [0.2, 0.25) is 0 Å². The summed E-state index contributed by atoms with van der Waals surface area (Å²) in [6.45, 7) is 0. The van der Waals surface area contributed by atoms with Crippen molar-refractivity contribution in [3.63, 3.8) is 0 Å². The van der Waals surface area contributed by atoms with E-state index in [1.165, 1.54) is 10.8 Å². The third-order valence-corrected chi connectivity index (χ3v) is 2.78. The lowest BCUT2D eigenvalue weighted by Crippen LogP contribution is -1.78. The molecule has 0 saturated heterocycles. The molecular weight excluding hydrogens is 218 g/mol. The molecule has 2 nitrogen and oxygen atoms in total. The molecule has 1 aromatic heterocycles. The van der Waals surface area contributed by atoms with E-state index in [1.54, 1.807) is 6.26 Å². The second-order valence-corrected chi connectivity index (χ2v) is 3.99. The van der Waals surface area contributed by atoms with Crippen LogP contribution in [0.5, 0.6) is 0 Å². The SMILES string of the molecule is S=c1[nH]c(-c2ccc3ccccc3c2)co1. The highest BCUT2D eigenvalue weighted by molar-refractivity contribution is 7.71. The van der Waals surface area contributed by atoms with Crippen LogP contribution in [0.3, 0.4) is 0 Å². The van der Waals surface area contributed by atoms with Gasteiger partial charge in [-0.2, -0.15) is 0 Å². The maximum Gasteiger partial charge on any atom is 0.266 e. The van der Waals surface area contributed by atoms with E-state index in [0.29, 0.717) is 4.84 Å². The van der Waals surface area contributed by atoms with Gasteiger partial charge in [-0.1, -0.05) is 36.4 Å². The van der Waals surface area contributed by atoms with E-state index in [-0.39, 0.29) is 0 Å². The largest absolute Gasteiger partial charge is 0.437 e. The van der Waals surface area contributed by atoms with E-state index in [1.807, 2.05) is 12.1 Å². The summed E-state index contributed by atoms with van der Waals surface area (Å²) in [5, 5.41) is 2.44. The van der Waals surface area contributed by atoms with Crippen molar-refractivity contribution in [2.24, 2.45) is 0 Å². The number of hydrogen-bond acceptors (Lipinski definition) is 2. The number of oxazole rings is 1. The smallest absolute Gasteiger partial charge is 0.266 e. The summed E-state index contributed by atoms with van der Waals surface area (Å²) < 4.78 is 5.09. The van der Waals surface area contributed by atoms with Crippen molar-refractivity contribution < 1.29 is 4.42 Å². The van der Waals surface area contributed by atoms with Crippen LogP contribution < -0.4 is 0 Å². The van der Waals surface area contributed by atoms with E-state index >= 15 is 0 Å². The molecule has 0 amide bonds. The van der Waals surface area contributed by atoms with Crippen molar-refractivity contribution in [1.82, 2.24) is 4.98 Å². The molecule has 1 heterocycles. The number of hydrogen-bond donors (Lipinski definition) is 1. The van der Waals surface area contributed by atoms with E-state index in [9.17, 15) is 0 Å². The van der Waals surface area contributed by atoms with Crippen molar-refractivity contribution in [2.75, 3.05) is 0 Å². The van der Waals surface area contributed by atoms with Gasteiger partial charge in [0.05, 0.1) is 5.69 Å². The standard InChI is InChI=1S/C13H9NOS/c16-13-14-12(8-15-13)11-6-5-9-3-1-2-4-10(9)7-11/h1-8H,(H,14,16). The number of benzene rings is 2. The number of rotatable bonds is 1. The second kappa shape index (κ2) is 3.61. The molecule has 2 aromatic carbocycles. The summed E-state index contributed by atoms with van der Waals surface area (Å²) in [6, 6.07) is 14.5. The molecule has 0 saturated carbocycles. The van der Waals surface area contributed by atoms with E-state index in [4.69, 9.17) is 16.6 Å². The molecule has 0 spiro atoms. The highest BCUT2D eigenvalue weighted by Gasteiger charge is 2.01. The molecule has 0 unspecified atom stereocenters. The molecule has 3 rings (SSSR count). The first-order valence-electron chi connectivity index (χ1n) is 5.00. The Morgan fingerprint density at radius 2 is 1.81 bits per heavy atom. The van der Waals surface area contributed by atoms with Crippen LogP contribution in [0.4, 0.5) is 0 Å². The summed E-state index contributed by atoms with van der Waals surface area (Å²) in [5.74, 6) is 0. The van der Waals surface area contributed by atoms with Crippen LogP contribution in [0.25, 0.3) is 22.0 Å². The number of fused-ring (bicyclic) bond motifs is 1. The maximum atomic E-state index is 5.09. The minimum atomic E-state index is 0.406. The Morgan fingerprint density at radius 1 is 1.00 bits per heavy atom. The van der Waals surface area contributed by atoms with Crippen LogP contribution in [0.1, 0.15) is 0 Å². The van der Waals surface area contributed by atoms with Crippen molar-refractivity contribution in [3.8, 4) is 11.3 Å². The van der Waals surface area contributed by atoms with Crippen LogP contribution in [-0.4, -0.2) is 4.98 Å². The summed E-state index contributed by atoms with van der Waals surface area (Å²) >= 11 is 4.91. The van der Waals surface area contributed by atoms with E-state index in [0.717, 1.165) is 11.3 Å². The Labute approximate surface area is 97.5 Å². The predicted octanol–water partition coefficient (Wildman–Crippen LogP) is 4.16. The first-order valence-corrected chi connectivity index (χ1v) is 5.41. The van der Waals surface area contributed by atoms with Crippen molar-refractivity contribution in [1.29, 1.82) is 0 Å². The van der Waals surface area contributed by atoms with Crippen LogP contribution in [0.15, 0.2) is 53.1 Å². The zero-order valence-electron chi connectivity index (χ0n) is 8.44. The molecule has 0 fully saturated rings. The maximum absolute atomic E-state index is 5.09. The Hall–Kier alpha value is -1.87. The van der Waals surface area contributed by atoms with Gasteiger partial charge in [0.15, 0.2) is 0 Å². The van der Waals surface area contributed by atoms with Gasteiger partial charge in [0.25, 0.3) is 4.84 Å². The lowest BCUT2D eigenvalue weighted by atomic mass is 10.1. The zero-order chi connectivity index (χ0) is 11.0. The third kappa shape index (κ3) is 1.55. The first kappa shape index (κ1) is 9.36.